The van der Waals surface area contributed by atoms with Gasteiger partial charge in [-0.25, -0.2) is 8.42 Å². The van der Waals surface area contributed by atoms with E-state index in [-0.39, 0.29) is 17.2 Å². The Labute approximate surface area is 209 Å². The van der Waals surface area contributed by atoms with Crippen molar-refractivity contribution in [3.63, 3.8) is 0 Å². The van der Waals surface area contributed by atoms with Crippen molar-refractivity contribution in [1.29, 1.82) is 5.26 Å². The topological polar surface area (TPSA) is 129 Å². The third kappa shape index (κ3) is 5.17. The van der Waals surface area contributed by atoms with Crippen molar-refractivity contribution in [2.45, 2.75) is 37.1 Å². The van der Waals surface area contributed by atoms with Crippen molar-refractivity contribution in [2.75, 3.05) is 13.7 Å². The highest BCUT2D eigenvalue weighted by molar-refractivity contribution is 7.89. The number of rotatable bonds is 8. The fraction of sp³-hybridized carbons (Fsp3) is 0.269. The lowest BCUT2D eigenvalue weighted by Crippen LogP contribution is -2.41. The molecule has 0 radical (unpaired) electrons. The Hall–Kier alpha value is -3.94. The molecule has 0 unspecified atom stereocenters. The van der Waals surface area contributed by atoms with Crippen molar-refractivity contribution in [3.8, 4) is 11.8 Å². The summed E-state index contributed by atoms with van der Waals surface area (Å²) >= 11 is 0. The average Bonchev–Trinajstić information content (AvgIpc) is 3.25. The summed E-state index contributed by atoms with van der Waals surface area (Å²) < 4.78 is 31.8. The highest BCUT2D eigenvalue weighted by Gasteiger charge is 2.36. The van der Waals surface area contributed by atoms with Crippen molar-refractivity contribution in [1.82, 2.24) is 15.2 Å². The highest BCUT2D eigenvalue weighted by Crippen LogP contribution is 2.37. The van der Waals surface area contributed by atoms with Crippen LogP contribution in [0.3, 0.4) is 0 Å². The molecule has 9 nitrogen and oxygen atoms in total. The summed E-state index contributed by atoms with van der Waals surface area (Å²) in [5, 5.41) is 10.5. The molecule has 1 atom stereocenters. The second kappa shape index (κ2) is 10.4. The summed E-state index contributed by atoms with van der Waals surface area (Å²) in [5.41, 5.74) is 3.88. The summed E-state index contributed by atoms with van der Waals surface area (Å²) in [4.78, 5) is 28.9. The maximum atomic E-state index is 13.5. The molecule has 36 heavy (non-hydrogen) atoms. The Bertz CT molecular complexity index is 1480. The standard InChI is InChI=1S/C26H26N4O5S/c1-3-25(31)28-29-36(33,34)24-14-19-7-8-21(35-2)12-20(19)13-23(24)22-9-10-30(26(22)32)16-18-6-4-5-17(11-18)15-27/h4-8,11-14,22,29H,3,9-10,16H2,1-2H3,(H,28,31)/t22-/m0/s1. The monoisotopic (exact) mass is 506 g/mol. The van der Waals surface area contributed by atoms with Gasteiger partial charge < -0.3 is 9.64 Å². The van der Waals surface area contributed by atoms with E-state index in [1.165, 1.54) is 6.07 Å². The molecule has 3 aromatic carbocycles. The van der Waals surface area contributed by atoms with Gasteiger partial charge in [0.15, 0.2) is 0 Å². The van der Waals surface area contributed by atoms with Gasteiger partial charge in [-0.1, -0.05) is 25.1 Å². The van der Waals surface area contributed by atoms with E-state index < -0.39 is 21.8 Å². The van der Waals surface area contributed by atoms with Crippen LogP contribution in [0, 0.1) is 11.3 Å². The van der Waals surface area contributed by atoms with Crippen LogP contribution in [0.4, 0.5) is 0 Å². The summed E-state index contributed by atoms with van der Waals surface area (Å²) in [6.45, 7) is 2.37. The van der Waals surface area contributed by atoms with Gasteiger partial charge in [0.05, 0.1) is 29.6 Å². The van der Waals surface area contributed by atoms with Gasteiger partial charge in [0.2, 0.25) is 11.8 Å². The van der Waals surface area contributed by atoms with Crippen LogP contribution >= 0.6 is 0 Å². The summed E-state index contributed by atoms with van der Waals surface area (Å²) in [5.74, 6) is -0.760. The molecule has 1 heterocycles. The molecule has 2 N–H and O–H groups in total. The highest BCUT2D eigenvalue weighted by atomic mass is 32.2. The number of sulfonamides is 1. The number of nitrogens with zero attached hydrogens (tertiary/aromatic N) is 2. The predicted octanol–water partition coefficient (Wildman–Crippen LogP) is 2.96. The zero-order valence-electron chi connectivity index (χ0n) is 19.9. The number of carbonyl (C=O) groups is 2. The lowest BCUT2D eigenvalue weighted by molar-refractivity contribution is -0.129. The Morgan fingerprint density at radius 1 is 1.17 bits per heavy atom. The first-order chi connectivity index (χ1) is 17.2. The average molecular weight is 507 g/mol. The smallest absolute Gasteiger partial charge is 0.257 e. The number of carbonyl (C=O) groups excluding carboxylic acids is 2. The van der Waals surface area contributed by atoms with Gasteiger partial charge in [-0.3, -0.25) is 15.0 Å². The maximum Gasteiger partial charge on any atom is 0.257 e. The number of hydrogen-bond donors (Lipinski definition) is 2. The molecule has 186 valence electrons. The van der Waals surface area contributed by atoms with Gasteiger partial charge in [-0.15, -0.1) is 4.83 Å². The quantitative estimate of drug-likeness (QED) is 0.452. The van der Waals surface area contributed by atoms with E-state index in [0.29, 0.717) is 41.8 Å². The lowest BCUT2D eigenvalue weighted by atomic mass is 9.94. The zero-order valence-corrected chi connectivity index (χ0v) is 20.8. The number of nitriles is 1. The number of likely N-dealkylation sites (tertiary alicyclic amines) is 1. The minimum atomic E-state index is -4.17. The van der Waals surface area contributed by atoms with E-state index in [2.05, 4.69) is 16.3 Å². The molecule has 3 aromatic rings. The molecule has 10 heteroatoms. The summed E-state index contributed by atoms with van der Waals surface area (Å²) in [6.07, 6.45) is 0.534. The summed E-state index contributed by atoms with van der Waals surface area (Å²) in [7, 11) is -2.63. The molecule has 0 bridgehead atoms. The number of benzene rings is 3. The normalized spacial score (nSPS) is 15.6. The Morgan fingerprint density at radius 3 is 2.69 bits per heavy atom. The van der Waals surface area contributed by atoms with Crippen molar-refractivity contribution < 1.29 is 22.7 Å². The second-order valence-electron chi connectivity index (χ2n) is 8.52. The van der Waals surface area contributed by atoms with Gasteiger partial charge in [0.1, 0.15) is 5.75 Å². The molecule has 1 fully saturated rings. The SMILES string of the molecule is CCC(=O)NNS(=O)(=O)c1cc2ccc(OC)cc2cc1[C@@H]1CCN(Cc2cccc(C#N)c2)C1=O. The zero-order chi connectivity index (χ0) is 25.9. The van der Waals surface area contributed by atoms with Crippen molar-refractivity contribution in [2.24, 2.45) is 0 Å². The van der Waals surface area contributed by atoms with Crippen LogP contribution in [-0.4, -0.2) is 38.8 Å². The first-order valence-corrected chi connectivity index (χ1v) is 12.9. The number of ether oxygens (including phenoxy) is 1. The van der Waals surface area contributed by atoms with Crippen LogP contribution in [0.15, 0.2) is 59.5 Å². The Kier molecular flexibility index (Phi) is 7.24. The van der Waals surface area contributed by atoms with E-state index in [1.807, 2.05) is 6.07 Å². The molecule has 1 aliphatic heterocycles. The fourth-order valence-corrected chi connectivity index (χ4v) is 5.47. The molecule has 0 aliphatic carbocycles. The first-order valence-electron chi connectivity index (χ1n) is 11.5. The number of fused-ring (bicyclic) bond motifs is 1. The predicted molar refractivity (Wildman–Crippen MR) is 133 cm³/mol. The third-order valence-electron chi connectivity index (χ3n) is 6.21. The second-order valence-corrected chi connectivity index (χ2v) is 10.2. The number of nitrogens with one attached hydrogen (secondary N) is 2. The van der Waals surface area contributed by atoms with E-state index >= 15 is 0 Å². The van der Waals surface area contributed by atoms with Gasteiger partial charge in [-0.05, 0) is 64.7 Å². The van der Waals surface area contributed by atoms with Crippen LogP contribution in [0.1, 0.15) is 42.4 Å². The van der Waals surface area contributed by atoms with Crippen LogP contribution in [0.2, 0.25) is 0 Å². The number of hydrogen-bond acceptors (Lipinski definition) is 6. The minimum absolute atomic E-state index is 0.0664. The first kappa shape index (κ1) is 25.2. The van der Waals surface area contributed by atoms with E-state index in [4.69, 9.17) is 10.00 Å². The fourth-order valence-electron chi connectivity index (χ4n) is 4.32. The minimum Gasteiger partial charge on any atom is -0.497 e. The van der Waals surface area contributed by atoms with Crippen molar-refractivity contribution in [3.05, 3.63) is 71.3 Å². The van der Waals surface area contributed by atoms with Gasteiger partial charge in [0.25, 0.3) is 10.0 Å². The van der Waals surface area contributed by atoms with E-state index in [0.717, 1.165) is 10.9 Å². The van der Waals surface area contributed by atoms with Crippen LogP contribution < -0.4 is 15.0 Å². The van der Waals surface area contributed by atoms with Gasteiger partial charge >= 0.3 is 0 Å². The maximum absolute atomic E-state index is 13.5. The summed E-state index contributed by atoms with van der Waals surface area (Å²) in [6, 6.07) is 17.6. The van der Waals surface area contributed by atoms with Crippen LogP contribution in [0.25, 0.3) is 10.8 Å². The molecule has 1 aliphatic rings. The van der Waals surface area contributed by atoms with E-state index in [1.54, 1.807) is 61.4 Å². The molecule has 0 aromatic heterocycles. The largest absolute Gasteiger partial charge is 0.497 e. The molecule has 0 spiro atoms. The van der Waals surface area contributed by atoms with Crippen LogP contribution in [0.5, 0.6) is 5.75 Å². The van der Waals surface area contributed by atoms with E-state index in [9.17, 15) is 18.0 Å². The number of hydrazine groups is 1. The number of amides is 2. The molecule has 1 saturated heterocycles. The Morgan fingerprint density at radius 2 is 1.97 bits per heavy atom. The molecular weight excluding hydrogens is 480 g/mol. The Balaban J connectivity index is 1.72. The van der Waals surface area contributed by atoms with Crippen molar-refractivity contribution >= 4 is 32.6 Å². The molecule has 4 rings (SSSR count). The van der Waals surface area contributed by atoms with Crippen LogP contribution in [-0.2, 0) is 26.2 Å². The molecule has 2 amide bonds. The van der Waals surface area contributed by atoms with Gasteiger partial charge in [-0.2, -0.15) is 5.26 Å². The molecular formula is C26H26N4O5S. The third-order valence-corrected chi connectivity index (χ3v) is 7.52. The lowest BCUT2D eigenvalue weighted by Gasteiger charge is -2.19. The number of methoxy groups -OCH3 is 1. The van der Waals surface area contributed by atoms with Gasteiger partial charge in [0, 0.05) is 19.5 Å². The molecule has 0 saturated carbocycles.